The standard InChI is InChI=1S/C26H22FN3O2S/c27-20-12-10-19(11-13-20)26-29-21(17-33-26)16-24(31)30-23-9-5-4-8-22(23)25(32)28-15-14-18-6-2-1-3-7-18/h1-13,17H,14-16H2,(H,28,32)(H,30,31). The molecule has 1 heterocycles. The van der Waals surface area contributed by atoms with Gasteiger partial charge in [-0.1, -0.05) is 42.5 Å². The number of nitrogens with one attached hydrogen (secondary N) is 2. The maximum absolute atomic E-state index is 13.1. The van der Waals surface area contributed by atoms with Crippen LogP contribution in [0.15, 0.2) is 84.2 Å². The summed E-state index contributed by atoms with van der Waals surface area (Å²) < 4.78 is 13.1. The van der Waals surface area contributed by atoms with Crippen LogP contribution in [-0.4, -0.2) is 23.3 Å². The van der Waals surface area contributed by atoms with Crippen molar-refractivity contribution in [1.29, 1.82) is 0 Å². The van der Waals surface area contributed by atoms with Crippen molar-refractivity contribution >= 4 is 28.8 Å². The van der Waals surface area contributed by atoms with Crippen LogP contribution in [0.5, 0.6) is 0 Å². The van der Waals surface area contributed by atoms with Gasteiger partial charge in [0.05, 0.1) is 23.4 Å². The Labute approximate surface area is 195 Å². The van der Waals surface area contributed by atoms with Crippen molar-refractivity contribution in [3.8, 4) is 10.6 Å². The molecule has 0 aliphatic heterocycles. The molecule has 0 bridgehead atoms. The summed E-state index contributed by atoms with van der Waals surface area (Å²) in [5.74, 6) is -0.817. The molecule has 0 radical (unpaired) electrons. The maximum atomic E-state index is 13.1. The third-order valence-corrected chi connectivity index (χ3v) is 5.91. The molecule has 166 valence electrons. The van der Waals surface area contributed by atoms with Gasteiger partial charge in [-0.3, -0.25) is 9.59 Å². The van der Waals surface area contributed by atoms with Crippen LogP contribution >= 0.6 is 11.3 Å². The Morgan fingerprint density at radius 3 is 2.42 bits per heavy atom. The van der Waals surface area contributed by atoms with E-state index in [1.165, 1.54) is 23.5 Å². The minimum Gasteiger partial charge on any atom is -0.352 e. The molecule has 3 aromatic carbocycles. The highest BCUT2D eigenvalue weighted by atomic mass is 32.1. The van der Waals surface area contributed by atoms with Crippen molar-refractivity contribution in [2.24, 2.45) is 0 Å². The highest BCUT2D eigenvalue weighted by Gasteiger charge is 2.14. The van der Waals surface area contributed by atoms with Crippen molar-refractivity contribution in [3.05, 3.63) is 107 Å². The van der Waals surface area contributed by atoms with Crippen LogP contribution in [-0.2, 0) is 17.6 Å². The first-order valence-electron chi connectivity index (χ1n) is 10.5. The van der Waals surface area contributed by atoms with Crippen molar-refractivity contribution in [2.75, 3.05) is 11.9 Å². The normalized spacial score (nSPS) is 10.6. The summed E-state index contributed by atoms with van der Waals surface area (Å²) >= 11 is 1.39. The fourth-order valence-corrected chi connectivity index (χ4v) is 4.15. The molecule has 2 N–H and O–H groups in total. The van der Waals surface area contributed by atoms with Crippen molar-refractivity contribution < 1.29 is 14.0 Å². The van der Waals surface area contributed by atoms with Gasteiger partial charge in [0, 0.05) is 17.5 Å². The lowest BCUT2D eigenvalue weighted by Gasteiger charge is -2.11. The first-order chi connectivity index (χ1) is 16.1. The SMILES string of the molecule is O=C(Cc1csc(-c2ccc(F)cc2)n1)Nc1ccccc1C(=O)NCCc1ccccc1. The number of rotatable bonds is 8. The Kier molecular flexibility index (Phi) is 7.22. The molecule has 7 heteroatoms. The van der Waals surface area contributed by atoms with Gasteiger partial charge in [0.25, 0.3) is 5.91 Å². The maximum Gasteiger partial charge on any atom is 0.253 e. The molecule has 4 rings (SSSR count). The molecule has 33 heavy (non-hydrogen) atoms. The zero-order chi connectivity index (χ0) is 23.0. The number of anilines is 1. The van der Waals surface area contributed by atoms with E-state index in [1.54, 1.807) is 41.8 Å². The van der Waals surface area contributed by atoms with Gasteiger partial charge in [0.1, 0.15) is 10.8 Å². The highest BCUT2D eigenvalue weighted by molar-refractivity contribution is 7.13. The Balaban J connectivity index is 1.35. The summed E-state index contributed by atoms with van der Waals surface area (Å²) in [5, 5.41) is 8.25. The summed E-state index contributed by atoms with van der Waals surface area (Å²) in [6.07, 6.45) is 0.795. The number of hydrogen-bond donors (Lipinski definition) is 2. The minimum atomic E-state index is -0.308. The number of amides is 2. The van der Waals surface area contributed by atoms with Gasteiger partial charge in [0.2, 0.25) is 5.91 Å². The molecule has 0 saturated carbocycles. The highest BCUT2D eigenvalue weighted by Crippen LogP contribution is 2.24. The van der Waals surface area contributed by atoms with Crippen LogP contribution in [0.25, 0.3) is 10.6 Å². The minimum absolute atomic E-state index is 0.0711. The molecule has 2 amide bonds. The monoisotopic (exact) mass is 459 g/mol. The quantitative estimate of drug-likeness (QED) is 0.385. The molecular formula is C26H22FN3O2S. The van der Waals surface area contributed by atoms with E-state index in [0.717, 1.165) is 22.6 Å². The summed E-state index contributed by atoms with van der Waals surface area (Å²) in [5.41, 5.74) is 3.41. The average Bonchev–Trinajstić information content (AvgIpc) is 3.28. The second kappa shape index (κ2) is 10.7. The van der Waals surface area contributed by atoms with E-state index < -0.39 is 0 Å². The van der Waals surface area contributed by atoms with E-state index in [-0.39, 0.29) is 24.1 Å². The van der Waals surface area contributed by atoms with Gasteiger partial charge >= 0.3 is 0 Å². The second-order valence-electron chi connectivity index (χ2n) is 7.41. The van der Waals surface area contributed by atoms with Gasteiger partial charge in [-0.15, -0.1) is 11.3 Å². The second-order valence-corrected chi connectivity index (χ2v) is 8.27. The van der Waals surface area contributed by atoms with Crippen molar-refractivity contribution in [2.45, 2.75) is 12.8 Å². The molecule has 5 nitrogen and oxygen atoms in total. The fraction of sp³-hybridized carbons (Fsp3) is 0.115. The third-order valence-electron chi connectivity index (χ3n) is 4.97. The molecule has 0 saturated heterocycles. The van der Waals surface area contributed by atoms with Gasteiger partial charge in [0.15, 0.2) is 0 Å². The number of benzene rings is 3. The number of carbonyl (C=O) groups excluding carboxylic acids is 2. The number of thiazole rings is 1. The number of hydrogen-bond acceptors (Lipinski definition) is 4. The predicted octanol–water partition coefficient (Wildman–Crippen LogP) is 5.10. The first kappa shape index (κ1) is 22.4. The van der Waals surface area contributed by atoms with Gasteiger partial charge in [-0.05, 0) is 48.4 Å². The Morgan fingerprint density at radius 2 is 1.64 bits per heavy atom. The summed E-state index contributed by atoms with van der Waals surface area (Å²) in [4.78, 5) is 29.8. The summed E-state index contributed by atoms with van der Waals surface area (Å²) in [6, 6.07) is 22.9. The number of nitrogens with zero attached hydrogens (tertiary/aromatic N) is 1. The smallest absolute Gasteiger partial charge is 0.253 e. The van der Waals surface area contributed by atoms with Crippen LogP contribution in [0.3, 0.4) is 0 Å². The van der Waals surface area contributed by atoms with E-state index in [4.69, 9.17) is 0 Å². The van der Waals surface area contributed by atoms with Gasteiger partial charge in [-0.2, -0.15) is 0 Å². The molecule has 0 unspecified atom stereocenters. The lowest BCUT2D eigenvalue weighted by Crippen LogP contribution is -2.27. The topological polar surface area (TPSA) is 71.1 Å². The fourth-order valence-electron chi connectivity index (χ4n) is 3.32. The number of carbonyl (C=O) groups is 2. The zero-order valence-corrected chi connectivity index (χ0v) is 18.6. The van der Waals surface area contributed by atoms with Crippen molar-refractivity contribution in [3.63, 3.8) is 0 Å². The lowest BCUT2D eigenvalue weighted by molar-refractivity contribution is -0.115. The Bertz CT molecular complexity index is 1240. The van der Waals surface area contributed by atoms with E-state index in [1.807, 2.05) is 30.3 Å². The van der Waals surface area contributed by atoms with Crippen LogP contribution in [0.4, 0.5) is 10.1 Å². The summed E-state index contributed by atoms with van der Waals surface area (Å²) in [7, 11) is 0. The van der Waals surface area contributed by atoms with Crippen LogP contribution in [0, 0.1) is 5.82 Å². The van der Waals surface area contributed by atoms with Gasteiger partial charge < -0.3 is 10.6 Å². The molecule has 0 fully saturated rings. The van der Waals surface area contributed by atoms with E-state index >= 15 is 0 Å². The average molecular weight is 460 g/mol. The molecule has 0 aliphatic rings. The molecule has 1 aromatic heterocycles. The molecule has 0 atom stereocenters. The molecular weight excluding hydrogens is 437 g/mol. The largest absolute Gasteiger partial charge is 0.352 e. The van der Waals surface area contributed by atoms with Crippen LogP contribution < -0.4 is 10.6 Å². The Hall–Kier alpha value is -3.84. The van der Waals surface area contributed by atoms with Crippen LogP contribution in [0.2, 0.25) is 0 Å². The summed E-state index contributed by atoms with van der Waals surface area (Å²) in [6.45, 7) is 0.496. The lowest BCUT2D eigenvalue weighted by atomic mass is 10.1. The first-order valence-corrected chi connectivity index (χ1v) is 11.4. The van der Waals surface area contributed by atoms with E-state index in [9.17, 15) is 14.0 Å². The van der Waals surface area contributed by atoms with Gasteiger partial charge in [-0.25, -0.2) is 9.37 Å². The Morgan fingerprint density at radius 1 is 0.909 bits per heavy atom. The number of halogens is 1. The number of aromatic nitrogens is 1. The van der Waals surface area contributed by atoms with Crippen molar-refractivity contribution in [1.82, 2.24) is 10.3 Å². The molecule has 0 aliphatic carbocycles. The third kappa shape index (κ3) is 6.11. The zero-order valence-electron chi connectivity index (χ0n) is 17.8. The predicted molar refractivity (Wildman–Crippen MR) is 129 cm³/mol. The van der Waals surface area contributed by atoms with E-state index in [0.29, 0.717) is 23.5 Å². The number of para-hydroxylation sites is 1. The molecule has 0 spiro atoms. The molecule has 4 aromatic rings. The van der Waals surface area contributed by atoms with Crippen LogP contribution in [0.1, 0.15) is 21.6 Å². The van der Waals surface area contributed by atoms with E-state index in [2.05, 4.69) is 15.6 Å².